The summed E-state index contributed by atoms with van der Waals surface area (Å²) in [5.41, 5.74) is 0. The Hall–Kier alpha value is -2.16. The SMILES string of the molecule is COc1cc(OC)cc(OCc2ccc(C#CCO)s2)c1. The number of thiophene rings is 1. The minimum atomic E-state index is -0.132. The van der Waals surface area contributed by atoms with Crippen LogP contribution in [0.4, 0.5) is 0 Å². The molecular formula is C16H16O4S. The minimum Gasteiger partial charge on any atom is -0.496 e. The van der Waals surface area contributed by atoms with Crippen LogP contribution < -0.4 is 14.2 Å². The van der Waals surface area contributed by atoms with Crippen LogP contribution in [0.5, 0.6) is 17.2 Å². The molecule has 2 rings (SSSR count). The van der Waals surface area contributed by atoms with Crippen molar-refractivity contribution < 1.29 is 19.3 Å². The molecule has 5 heteroatoms. The van der Waals surface area contributed by atoms with Crippen LogP contribution in [0.15, 0.2) is 30.3 Å². The van der Waals surface area contributed by atoms with Crippen molar-refractivity contribution in [2.75, 3.05) is 20.8 Å². The van der Waals surface area contributed by atoms with Gasteiger partial charge in [-0.3, -0.25) is 0 Å². The van der Waals surface area contributed by atoms with Gasteiger partial charge in [-0.1, -0.05) is 11.8 Å². The molecule has 0 aliphatic rings. The predicted octanol–water partition coefficient (Wildman–Crippen LogP) is 2.69. The van der Waals surface area contributed by atoms with Gasteiger partial charge >= 0.3 is 0 Å². The van der Waals surface area contributed by atoms with Crippen molar-refractivity contribution in [3.63, 3.8) is 0 Å². The molecule has 1 aromatic heterocycles. The van der Waals surface area contributed by atoms with E-state index in [0.29, 0.717) is 23.9 Å². The Morgan fingerprint density at radius 2 is 1.71 bits per heavy atom. The van der Waals surface area contributed by atoms with Crippen LogP contribution in [0.2, 0.25) is 0 Å². The number of benzene rings is 1. The Labute approximate surface area is 127 Å². The highest BCUT2D eigenvalue weighted by Gasteiger charge is 2.04. The zero-order valence-electron chi connectivity index (χ0n) is 11.9. The topological polar surface area (TPSA) is 47.9 Å². The molecule has 21 heavy (non-hydrogen) atoms. The van der Waals surface area contributed by atoms with E-state index in [2.05, 4.69) is 11.8 Å². The highest BCUT2D eigenvalue weighted by atomic mass is 32.1. The Morgan fingerprint density at radius 1 is 1.05 bits per heavy atom. The maximum Gasteiger partial charge on any atom is 0.127 e. The molecule has 0 radical (unpaired) electrons. The average molecular weight is 304 g/mol. The Kier molecular flexibility index (Phi) is 5.50. The molecule has 0 saturated heterocycles. The van der Waals surface area contributed by atoms with E-state index in [9.17, 15) is 0 Å². The smallest absolute Gasteiger partial charge is 0.127 e. The predicted molar refractivity (Wildman–Crippen MR) is 82.2 cm³/mol. The number of hydrogen-bond donors (Lipinski definition) is 1. The van der Waals surface area contributed by atoms with Crippen LogP contribution in [0.25, 0.3) is 0 Å². The Bertz CT molecular complexity index is 630. The van der Waals surface area contributed by atoms with E-state index in [0.717, 1.165) is 9.75 Å². The van der Waals surface area contributed by atoms with Gasteiger partial charge in [0.1, 0.15) is 30.5 Å². The number of ether oxygens (including phenoxy) is 3. The Morgan fingerprint density at radius 3 is 2.33 bits per heavy atom. The highest BCUT2D eigenvalue weighted by molar-refractivity contribution is 7.12. The zero-order valence-corrected chi connectivity index (χ0v) is 12.7. The molecule has 1 aromatic carbocycles. The number of aliphatic hydroxyl groups is 1. The standard InChI is InChI=1S/C16H16O4S/c1-18-12-8-13(19-2)10-14(9-12)20-11-16-6-5-15(21-16)4-3-7-17/h5-6,8-10,17H,7,11H2,1-2H3. The molecule has 0 fully saturated rings. The van der Waals surface area contributed by atoms with E-state index >= 15 is 0 Å². The normalized spacial score (nSPS) is 9.67. The van der Waals surface area contributed by atoms with Crippen molar-refractivity contribution in [1.82, 2.24) is 0 Å². The maximum absolute atomic E-state index is 8.67. The number of hydrogen-bond acceptors (Lipinski definition) is 5. The van der Waals surface area contributed by atoms with Crippen molar-refractivity contribution >= 4 is 11.3 Å². The molecule has 0 aliphatic carbocycles. The minimum absolute atomic E-state index is 0.132. The van der Waals surface area contributed by atoms with Crippen molar-refractivity contribution in [3.8, 4) is 29.1 Å². The summed E-state index contributed by atoms with van der Waals surface area (Å²) in [6, 6.07) is 9.29. The monoisotopic (exact) mass is 304 g/mol. The van der Waals surface area contributed by atoms with Crippen LogP contribution in [-0.4, -0.2) is 25.9 Å². The van der Waals surface area contributed by atoms with Gasteiger partial charge in [0, 0.05) is 23.1 Å². The van der Waals surface area contributed by atoms with Gasteiger partial charge in [-0.05, 0) is 12.1 Å². The first-order chi connectivity index (χ1) is 10.2. The molecule has 2 aromatic rings. The molecule has 0 saturated carbocycles. The largest absolute Gasteiger partial charge is 0.496 e. The summed E-state index contributed by atoms with van der Waals surface area (Å²) in [5.74, 6) is 7.55. The van der Waals surface area contributed by atoms with Gasteiger partial charge in [-0.2, -0.15) is 0 Å². The highest BCUT2D eigenvalue weighted by Crippen LogP contribution is 2.28. The van der Waals surface area contributed by atoms with Crippen LogP contribution in [0.1, 0.15) is 9.75 Å². The number of aliphatic hydroxyl groups excluding tert-OH is 1. The van der Waals surface area contributed by atoms with Crippen LogP contribution in [0.3, 0.4) is 0 Å². The van der Waals surface area contributed by atoms with Gasteiger partial charge in [0.25, 0.3) is 0 Å². The van der Waals surface area contributed by atoms with E-state index in [4.69, 9.17) is 19.3 Å². The lowest BCUT2D eigenvalue weighted by Crippen LogP contribution is -1.95. The summed E-state index contributed by atoms with van der Waals surface area (Å²) < 4.78 is 16.1. The van der Waals surface area contributed by atoms with Crippen molar-refractivity contribution in [2.24, 2.45) is 0 Å². The van der Waals surface area contributed by atoms with Gasteiger partial charge in [-0.15, -0.1) is 11.3 Å². The molecule has 0 amide bonds. The first-order valence-electron chi connectivity index (χ1n) is 6.29. The number of methoxy groups -OCH3 is 2. The molecule has 0 spiro atoms. The second kappa shape index (κ2) is 7.58. The summed E-state index contributed by atoms with van der Waals surface area (Å²) in [4.78, 5) is 1.96. The van der Waals surface area contributed by atoms with Crippen molar-refractivity contribution in [1.29, 1.82) is 0 Å². The third-order valence-corrected chi connectivity index (χ3v) is 3.63. The molecule has 0 bridgehead atoms. The summed E-state index contributed by atoms with van der Waals surface area (Å²) in [6.07, 6.45) is 0. The molecule has 0 atom stereocenters. The molecule has 1 heterocycles. The summed E-state index contributed by atoms with van der Waals surface area (Å²) in [5, 5.41) is 8.67. The van der Waals surface area contributed by atoms with E-state index in [1.54, 1.807) is 20.3 Å². The second-order valence-electron chi connectivity index (χ2n) is 4.06. The molecule has 110 valence electrons. The third kappa shape index (κ3) is 4.42. The fourth-order valence-corrected chi connectivity index (χ4v) is 2.46. The Balaban J connectivity index is 2.03. The van der Waals surface area contributed by atoms with Gasteiger partial charge in [0.15, 0.2) is 0 Å². The third-order valence-electron chi connectivity index (χ3n) is 2.66. The maximum atomic E-state index is 8.67. The first-order valence-corrected chi connectivity index (χ1v) is 7.11. The van der Waals surface area contributed by atoms with Crippen LogP contribution >= 0.6 is 11.3 Å². The fraction of sp³-hybridized carbons (Fsp3) is 0.250. The van der Waals surface area contributed by atoms with Crippen molar-refractivity contribution in [3.05, 3.63) is 40.1 Å². The van der Waals surface area contributed by atoms with E-state index in [1.165, 1.54) is 11.3 Å². The van der Waals surface area contributed by atoms with E-state index in [-0.39, 0.29) is 6.61 Å². The average Bonchev–Trinajstić information content (AvgIpc) is 2.98. The molecule has 0 aliphatic heterocycles. The number of rotatable bonds is 5. The van der Waals surface area contributed by atoms with Crippen LogP contribution in [0, 0.1) is 11.8 Å². The lowest BCUT2D eigenvalue weighted by atomic mass is 10.3. The van der Waals surface area contributed by atoms with E-state index < -0.39 is 0 Å². The van der Waals surface area contributed by atoms with Crippen molar-refractivity contribution in [2.45, 2.75) is 6.61 Å². The fourth-order valence-electron chi connectivity index (χ4n) is 1.67. The van der Waals surface area contributed by atoms with Crippen LogP contribution in [-0.2, 0) is 6.61 Å². The second-order valence-corrected chi connectivity index (χ2v) is 5.23. The van der Waals surface area contributed by atoms with Gasteiger partial charge in [0.2, 0.25) is 0 Å². The van der Waals surface area contributed by atoms with Gasteiger partial charge < -0.3 is 19.3 Å². The molecule has 4 nitrogen and oxygen atoms in total. The lowest BCUT2D eigenvalue weighted by Gasteiger charge is -2.09. The lowest BCUT2D eigenvalue weighted by molar-refractivity contribution is 0.303. The summed E-state index contributed by atoms with van der Waals surface area (Å²) in [6.45, 7) is 0.315. The zero-order chi connectivity index (χ0) is 15.1. The first kappa shape index (κ1) is 15.2. The van der Waals surface area contributed by atoms with Gasteiger partial charge in [-0.25, -0.2) is 0 Å². The molecule has 1 N–H and O–H groups in total. The summed E-state index contributed by atoms with van der Waals surface area (Å²) >= 11 is 1.54. The molecular weight excluding hydrogens is 288 g/mol. The molecule has 0 unspecified atom stereocenters. The van der Waals surface area contributed by atoms with Gasteiger partial charge in [0.05, 0.1) is 19.1 Å². The summed E-state index contributed by atoms with van der Waals surface area (Å²) in [7, 11) is 3.20. The quantitative estimate of drug-likeness (QED) is 0.863. The van der Waals surface area contributed by atoms with E-state index in [1.807, 2.05) is 24.3 Å².